The van der Waals surface area contributed by atoms with Gasteiger partial charge in [0.15, 0.2) is 0 Å². The minimum atomic E-state index is -0.841. The van der Waals surface area contributed by atoms with Crippen molar-refractivity contribution >= 4 is 17.6 Å². The molecular formula is C21H25ClO4. The predicted molar refractivity (Wildman–Crippen MR) is 104 cm³/mol. The Morgan fingerprint density at radius 3 is 2.81 bits per heavy atom. The summed E-state index contributed by atoms with van der Waals surface area (Å²) in [4.78, 5) is 10.7. The smallest absolute Gasteiger partial charge is 0.303 e. The lowest BCUT2D eigenvalue weighted by molar-refractivity contribution is -0.136. The van der Waals surface area contributed by atoms with Crippen molar-refractivity contribution in [1.82, 2.24) is 0 Å². The summed E-state index contributed by atoms with van der Waals surface area (Å²) in [7, 11) is 0. The van der Waals surface area contributed by atoms with Gasteiger partial charge in [-0.05, 0) is 50.5 Å². The monoisotopic (exact) mass is 376 g/mol. The first-order valence-electron chi connectivity index (χ1n) is 8.55. The number of aliphatic carboxylic acids is 1. The van der Waals surface area contributed by atoms with Crippen LogP contribution >= 0.6 is 11.6 Å². The summed E-state index contributed by atoms with van der Waals surface area (Å²) in [5.74, 6) is 0.658. The average Bonchev–Trinajstić information content (AvgIpc) is 2.86. The first kappa shape index (κ1) is 20.1. The normalized spacial score (nSPS) is 19.2. The maximum absolute atomic E-state index is 10.7. The zero-order valence-electron chi connectivity index (χ0n) is 15.5. The zero-order valence-corrected chi connectivity index (χ0v) is 16.2. The number of benzene rings is 1. The first-order valence-corrected chi connectivity index (χ1v) is 8.93. The van der Waals surface area contributed by atoms with Crippen LogP contribution in [0.1, 0.15) is 39.2 Å². The molecule has 1 aromatic rings. The van der Waals surface area contributed by atoms with Crippen LogP contribution in [-0.2, 0) is 16.0 Å². The van der Waals surface area contributed by atoms with Gasteiger partial charge in [-0.2, -0.15) is 0 Å². The zero-order chi connectivity index (χ0) is 19.3. The number of carbonyl (C=O) groups is 1. The Kier molecular flexibility index (Phi) is 6.54. The van der Waals surface area contributed by atoms with Gasteiger partial charge in [0.1, 0.15) is 23.7 Å². The number of rotatable bonds is 7. The highest BCUT2D eigenvalue weighted by atomic mass is 35.5. The maximum Gasteiger partial charge on any atom is 0.303 e. The molecule has 1 N–H and O–H groups in total. The molecule has 26 heavy (non-hydrogen) atoms. The maximum atomic E-state index is 10.7. The molecule has 2 rings (SSSR count). The van der Waals surface area contributed by atoms with Gasteiger partial charge in [0.25, 0.3) is 0 Å². The first-order chi connectivity index (χ1) is 12.2. The number of allylic oxidation sites excluding steroid dienone is 3. The standard InChI is InChI=1S/C21H25ClO4/c1-5-6-16-12-21(3,4)26-20(16)14(2)13-25-17-9-7-15(18(22)11-17)8-10-19(23)24/h5-7,9,11H,1,8,10,12-13H2,2-4H3,(H,23,24). The third-order valence-electron chi connectivity index (χ3n) is 4.08. The lowest BCUT2D eigenvalue weighted by Gasteiger charge is -2.17. The number of carboxylic acids is 1. The fourth-order valence-electron chi connectivity index (χ4n) is 2.87. The number of hydrogen-bond acceptors (Lipinski definition) is 3. The van der Waals surface area contributed by atoms with Crippen LogP contribution in [0.2, 0.25) is 5.02 Å². The van der Waals surface area contributed by atoms with Crippen LogP contribution in [0.25, 0.3) is 0 Å². The largest absolute Gasteiger partial charge is 0.489 e. The van der Waals surface area contributed by atoms with Gasteiger partial charge in [0.05, 0.1) is 0 Å². The number of ether oxygens (including phenoxy) is 2. The fourth-order valence-corrected chi connectivity index (χ4v) is 3.14. The minimum Gasteiger partial charge on any atom is -0.489 e. The average molecular weight is 377 g/mol. The molecule has 1 aromatic carbocycles. The van der Waals surface area contributed by atoms with E-state index in [1.807, 2.05) is 13.0 Å². The van der Waals surface area contributed by atoms with E-state index in [1.54, 1.807) is 24.3 Å². The molecule has 1 heterocycles. The Morgan fingerprint density at radius 2 is 2.19 bits per heavy atom. The Labute approximate surface area is 159 Å². The molecule has 1 saturated heterocycles. The molecule has 0 atom stereocenters. The highest BCUT2D eigenvalue weighted by molar-refractivity contribution is 6.31. The summed E-state index contributed by atoms with van der Waals surface area (Å²) in [5, 5.41) is 9.28. The molecule has 140 valence electrons. The second-order valence-corrected chi connectivity index (χ2v) is 7.42. The third kappa shape index (κ3) is 5.40. The van der Waals surface area contributed by atoms with Crippen LogP contribution in [0.15, 0.2) is 53.8 Å². The second-order valence-electron chi connectivity index (χ2n) is 7.01. The van der Waals surface area contributed by atoms with E-state index in [9.17, 15) is 4.79 Å². The summed E-state index contributed by atoms with van der Waals surface area (Å²) in [6, 6.07) is 5.33. The molecule has 0 aromatic heterocycles. The van der Waals surface area contributed by atoms with Crippen LogP contribution in [0, 0.1) is 0 Å². The van der Waals surface area contributed by atoms with Gasteiger partial charge in [-0.3, -0.25) is 4.79 Å². The van der Waals surface area contributed by atoms with E-state index in [0.29, 0.717) is 23.8 Å². The Hall–Kier alpha value is -2.20. The Balaban J connectivity index is 2.08. The van der Waals surface area contributed by atoms with Gasteiger partial charge in [-0.1, -0.05) is 36.4 Å². The van der Waals surface area contributed by atoms with E-state index >= 15 is 0 Å². The van der Waals surface area contributed by atoms with E-state index in [-0.39, 0.29) is 12.0 Å². The Morgan fingerprint density at radius 1 is 1.46 bits per heavy atom. The van der Waals surface area contributed by atoms with Crippen molar-refractivity contribution in [3.63, 3.8) is 0 Å². The third-order valence-corrected chi connectivity index (χ3v) is 4.43. The molecule has 0 radical (unpaired) electrons. The molecule has 0 unspecified atom stereocenters. The minimum absolute atomic E-state index is 0.0523. The Bertz CT molecular complexity index is 759. The van der Waals surface area contributed by atoms with E-state index < -0.39 is 5.97 Å². The van der Waals surface area contributed by atoms with Crippen LogP contribution in [0.3, 0.4) is 0 Å². The van der Waals surface area contributed by atoms with Crippen LogP contribution in [-0.4, -0.2) is 23.3 Å². The van der Waals surface area contributed by atoms with Gasteiger partial charge < -0.3 is 14.6 Å². The molecule has 1 aliphatic heterocycles. The molecule has 0 amide bonds. The lowest BCUT2D eigenvalue weighted by atomic mass is 10.0. The summed E-state index contributed by atoms with van der Waals surface area (Å²) in [6.07, 6.45) is 5.02. The molecular weight excluding hydrogens is 352 g/mol. The molecule has 0 bridgehead atoms. The summed E-state index contributed by atoms with van der Waals surface area (Å²) < 4.78 is 11.9. The number of halogens is 1. The molecule has 1 fully saturated rings. The van der Waals surface area contributed by atoms with Gasteiger partial charge in [-0.25, -0.2) is 0 Å². The van der Waals surface area contributed by atoms with Crippen molar-refractivity contribution in [2.75, 3.05) is 6.61 Å². The van der Waals surface area contributed by atoms with Crippen molar-refractivity contribution in [2.45, 2.75) is 45.6 Å². The van der Waals surface area contributed by atoms with Crippen molar-refractivity contribution in [3.8, 4) is 5.75 Å². The van der Waals surface area contributed by atoms with E-state index in [2.05, 4.69) is 20.4 Å². The topological polar surface area (TPSA) is 55.8 Å². The summed E-state index contributed by atoms with van der Waals surface area (Å²) in [6.45, 7) is 10.2. The van der Waals surface area contributed by atoms with Crippen LogP contribution in [0.5, 0.6) is 5.75 Å². The van der Waals surface area contributed by atoms with Gasteiger partial charge in [0, 0.05) is 23.4 Å². The van der Waals surface area contributed by atoms with Crippen molar-refractivity contribution in [3.05, 3.63) is 64.4 Å². The summed E-state index contributed by atoms with van der Waals surface area (Å²) in [5.41, 5.74) is 2.68. The van der Waals surface area contributed by atoms with Crippen molar-refractivity contribution in [1.29, 1.82) is 0 Å². The molecule has 0 aliphatic carbocycles. The molecule has 0 saturated carbocycles. The molecule has 4 nitrogen and oxygen atoms in total. The SMILES string of the molecule is C=CC=C1CC(C)(C)OC1=C(C)COc1ccc(CCC(=O)O)c(Cl)c1. The molecule has 1 aliphatic rings. The van der Waals surface area contributed by atoms with Gasteiger partial charge >= 0.3 is 5.97 Å². The van der Waals surface area contributed by atoms with Gasteiger partial charge in [-0.15, -0.1) is 0 Å². The number of hydrogen-bond donors (Lipinski definition) is 1. The van der Waals surface area contributed by atoms with E-state index in [4.69, 9.17) is 26.2 Å². The quantitative estimate of drug-likeness (QED) is 0.699. The van der Waals surface area contributed by atoms with Crippen molar-refractivity contribution < 1.29 is 19.4 Å². The van der Waals surface area contributed by atoms with Crippen molar-refractivity contribution in [2.24, 2.45) is 0 Å². The second kappa shape index (κ2) is 8.45. The summed E-state index contributed by atoms with van der Waals surface area (Å²) >= 11 is 6.23. The number of aryl methyl sites for hydroxylation is 1. The highest BCUT2D eigenvalue weighted by Crippen LogP contribution is 2.38. The fraction of sp³-hybridized carbons (Fsp3) is 0.381. The predicted octanol–water partition coefficient (Wildman–Crippen LogP) is 5.32. The van der Waals surface area contributed by atoms with Crippen LogP contribution in [0.4, 0.5) is 0 Å². The molecule has 0 spiro atoms. The highest BCUT2D eigenvalue weighted by Gasteiger charge is 2.33. The van der Waals surface area contributed by atoms with Crippen LogP contribution < -0.4 is 4.74 Å². The lowest BCUT2D eigenvalue weighted by Crippen LogP contribution is -2.16. The van der Waals surface area contributed by atoms with E-state index in [1.165, 1.54) is 0 Å². The van der Waals surface area contributed by atoms with E-state index in [0.717, 1.165) is 28.9 Å². The number of carboxylic acid groups (broad SMARTS) is 1. The molecule has 5 heteroatoms. The van der Waals surface area contributed by atoms with Gasteiger partial charge in [0.2, 0.25) is 0 Å².